The number of amides is 1. The van der Waals surface area contributed by atoms with Gasteiger partial charge in [-0.15, -0.1) is 5.10 Å². The van der Waals surface area contributed by atoms with Gasteiger partial charge < -0.3 is 9.80 Å². The summed E-state index contributed by atoms with van der Waals surface area (Å²) in [6.45, 7) is 7.58. The van der Waals surface area contributed by atoms with E-state index in [4.69, 9.17) is 0 Å². The van der Waals surface area contributed by atoms with E-state index in [1.807, 2.05) is 18.7 Å². The molecule has 0 saturated heterocycles. The standard InChI is InChI=1S/C17H20N4O/c1-4-10-21-14-7-6-12(3)11-15(14)20(5-2)17(22)13-8-9-18-19-16(13)21/h6-9,11H,4-5,10H2,1-3H3. The Morgan fingerprint density at radius 2 is 1.91 bits per heavy atom. The van der Waals surface area contributed by atoms with Gasteiger partial charge in [0.15, 0.2) is 5.82 Å². The molecule has 0 N–H and O–H groups in total. The molecule has 5 nitrogen and oxygen atoms in total. The van der Waals surface area contributed by atoms with Crippen LogP contribution in [0.4, 0.5) is 17.2 Å². The number of carbonyl (C=O) groups excluding carboxylic acids is 1. The lowest BCUT2D eigenvalue weighted by atomic mass is 10.1. The normalized spacial score (nSPS) is 13.7. The van der Waals surface area contributed by atoms with Crippen LogP contribution in [-0.2, 0) is 0 Å². The summed E-state index contributed by atoms with van der Waals surface area (Å²) in [6, 6.07) is 7.97. The first kappa shape index (κ1) is 14.5. The average molecular weight is 296 g/mol. The van der Waals surface area contributed by atoms with Gasteiger partial charge in [0, 0.05) is 13.1 Å². The topological polar surface area (TPSA) is 49.3 Å². The summed E-state index contributed by atoms with van der Waals surface area (Å²) in [5, 5.41) is 8.23. The zero-order valence-corrected chi connectivity index (χ0v) is 13.2. The van der Waals surface area contributed by atoms with E-state index < -0.39 is 0 Å². The van der Waals surface area contributed by atoms with Crippen molar-refractivity contribution in [2.24, 2.45) is 0 Å². The summed E-state index contributed by atoms with van der Waals surface area (Å²) in [5.74, 6) is 0.633. The molecule has 1 aromatic carbocycles. The van der Waals surface area contributed by atoms with Gasteiger partial charge in [-0.05, 0) is 44.0 Å². The van der Waals surface area contributed by atoms with Gasteiger partial charge in [0.1, 0.15) is 0 Å². The lowest BCUT2D eigenvalue weighted by molar-refractivity contribution is 0.0989. The highest BCUT2D eigenvalue weighted by Gasteiger charge is 2.31. The third-order valence-corrected chi connectivity index (χ3v) is 3.91. The number of aromatic nitrogens is 2. The smallest absolute Gasteiger partial charge is 0.262 e. The Bertz CT molecular complexity index is 714. The van der Waals surface area contributed by atoms with Gasteiger partial charge in [-0.25, -0.2) is 0 Å². The van der Waals surface area contributed by atoms with Crippen molar-refractivity contribution in [3.63, 3.8) is 0 Å². The van der Waals surface area contributed by atoms with Gasteiger partial charge in [0.05, 0.1) is 23.1 Å². The van der Waals surface area contributed by atoms with Crippen LogP contribution in [0.25, 0.3) is 0 Å². The molecule has 0 spiro atoms. The molecule has 114 valence electrons. The number of nitrogens with zero attached hydrogens (tertiary/aromatic N) is 4. The predicted octanol–water partition coefficient (Wildman–Crippen LogP) is 3.31. The summed E-state index contributed by atoms with van der Waals surface area (Å²) in [6.07, 6.45) is 2.54. The van der Waals surface area contributed by atoms with E-state index in [1.165, 1.54) is 0 Å². The Morgan fingerprint density at radius 1 is 1.09 bits per heavy atom. The van der Waals surface area contributed by atoms with Crippen molar-refractivity contribution >= 4 is 23.1 Å². The first-order valence-corrected chi connectivity index (χ1v) is 7.69. The van der Waals surface area contributed by atoms with Crippen molar-refractivity contribution in [3.05, 3.63) is 41.6 Å². The fourth-order valence-corrected chi connectivity index (χ4v) is 2.90. The number of benzene rings is 1. The van der Waals surface area contributed by atoms with Crippen LogP contribution in [0.15, 0.2) is 30.5 Å². The van der Waals surface area contributed by atoms with Gasteiger partial charge in [-0.1, -0.05) is 13.0 Å². The summed E-state index contributed by atoms with van der Waals surface area (Å²) < 4.78 is 0. The Hall–Kier alpha value is -2.43. The summed E-state index contributed by atoms with van der Waals surface area (Å²) in [5.41, 5.74) is 3.71. The fraction of sp³-hybridized carbons (Fsp3) is 0.353. The third kappa shape index (κ3) is 2.22. The van der Waals surface area contributed by atoms with Gasteiger partial charge in [-0.2, -0.15) is 5.10 Å². The Morgan fingerprint density at radius 3 is 2.64 bits per heavy atom. The zero-order valence-electron chi connectivity index (χ0n) is 13.2. The van der Waals surface area contributed by atoms with Crippen molar-refractivity contribution in [2.45, 2.75) is 27.2 Å². The van der Waals surface area contributed by atoms with Crippen LogP contribution in [-0.4, -0.2) is 29.2 Å². The van der Waals surface area contributed by atoms with Crippen LogP contribution in [0.3, 0.4) is 0 Å². The maximum atomic E-state index is 12.9. The highest BCUT2D eigenvalue weighted by Crippen LogP contribution is 2.39. The number of hydrogen-bond donors (Lipinski definition) is 0. The lowest BCUT2D eigenvalue weighted by Crippen LogP contribution is -2.30. The van der Waals surface area contributed by atoms with Crippen LogP contribution in [0.1, 0.15) is 36.2 Å². The Kier molecular flexibility index (Phi) is 3.79. The van der Waals surface area contributed by atoms with Gasteiger partial charge in [0.2, 0.25) is 0 Å². The number of carbonyl (C=O) groups is 1. The maximum absolute atomic E-state index is 12.9. The van der Waals surface area contributed by atoms with Crippen molar-refractivity contribution in [1.29, 1.82) is 0 Å². The second-order valence-electron chi connectivity index (χ2n) is 5.46. The van der Waals surface area contributed by atoms with Crippen molar-refractivity contribution in [1.82, 2.24) is 10.2 Å². The van der Waals surface area contributed by atoms with Crippen LogP contribution >= 0.6 is 0 Å². The van der Waals surface area contributed by atoms with Crippen molar-refractivity contribution < 1.29 is 4.79 Å². The number of anilines is 3. The van der Waals surface area contributed by atoms with Crippen LogP contribution in [0.5, 0.6) is 0 Å². The molecule has 0 saturated carbocycles. The summed E-state index contributed by atoms with van der Waals surface area (Å²) in [4.78, 5) is 16.8. The van der Waals surface area contributed by atoms with Crippen molar-refractivity contribution in [3.8, 4) is 0 Å². The Labute approximate surface area is 130 Å². The average Bonchev–Trinajstić information content (AvgIpc) is 2.62. The minimum absolute atomic E-state index is 0.0159. The van der Waals surface area contributed by atoms with Gasteiger partial charge in [-0.3, -0.25) is 4.79 Å². The summed E-state index contributed by atoms with van der Waals surface area (Å²) in [7, 11) is 0. The molecule has 0 bridgehead atoms. The molecular formula is C17H20N4O. The largest absolute Gasteiger partial charge is 0.322 e. The van der Waals surface area contributed by atoms with Crippen LogP contribution in [0.2, 0.25) is 0 Å². The quantitative estimate of drug-likeness (QED) is 0.872. The van der Waals surface area contributed by atoms with E-state index in [1.54, 1.807) is 12.3 Å². The minimum atomic E-state index is -0.0159. The molecule has 1 aliphatic heterocycles. The molecule has 0 aliphatic carbocycles. The van der Waals surface area contributed by atoms with Crippen LogP contribution < -0.4 is 9.80 Å². The number of aryl methyl sites for hydroxylation is 1. The van der Waals surface area contributed by atoms with E-state index >= 15 is 0 Å². The second-order valence-corrected chi connectivity index (χ2v) is 5.46. The minimum Gasteiger partial charge on any atom is -0.322 e. The molecule has 1 amide bonds. The second kappa shape index (κ2) is 5.75. The van der Waals surface area contributed by atoms with E-state index in [2.05, 4.69) is 40.2 Å². The molecule has 0 fully saturated rings. The van der Waals surface area contributed by atoms with E-state index in [0.29, 0.717) is 17.9 Å². The first-order valence-electron chi connectivity index (χ1n) is 7.69. The molecule has 0 atom stereocenters. The molecule has 2 heterocycles. The van der Waals surface area contributed by atoms with Crippen molar-refractivity contribution in [2.75, 3.05) is 22.9 Å². The zero-order chi connectivity index (χ0) is 15.7. The lowest BCUT2D eigenvalue weighted by Gasteiger charge is -2.26. The Balaban J connectivity index is 2.29. The third-order valence-electron chi connectivity index (χ3n) is 3.91. The molecule has 5 heteroatoms. The maximum Gasteiger partial charge on any atom is 0.262 e. The van der Waals surface area contributed by atoms with E-state index in [9.17, 15) is 4.79 Å². The molecule has 0 radical (unpaired) electrons. The molecule has 22 heavy (non-hydrogen) atoms. The molecule has 2 aromatic rings. The number of rotatable bonds is 3. The van der Waals surface area contributed by atoms with Gasteiger partial charge in [0.25, 0.3) is 5.91 Å². The number of fused-ring (bicyclic) bond motifs is 2. The SMILES string of the molecule is CCCN1c2ccc(C)cc2N(CC)C(=O)c2ccnnc21. The predicted molar refractivity (Wildman–Crippen MR) is 87.9 cm³/mol. The fourth-order valence-electron chi connectivity index (χ4n) is 2.90. The molecule has 1 aliphatic rings. The monoisotopic (exact) mass is 296 g/mol. The van der Waals surface area contributed by atoms with E-state index in [-0.39, 0.29) is 5.91 Å². The van der Waals surface area contributed by atoms with Gasteiger partial charge >= 0.3 is 0 Å². The van der Waals surface area contributed by atoms with Crippen LogP contribution in [0, 0.1) is 6.92 Å². The molecule has 0 unspecified atom stereocenters. The summed E-state index contributed by atoms with van der Waals surface area (Å²) >= 11 is 0. The highest BCUT2D eigenvalue weighted by atomic mass is 16.2. The highest BCUT2D eigenvalue weighted by molar-refractivity contribution is 6.13. The number of hydrogen-bond acceptors (Lipinski definition) is 4. The molecule has 3 rings (SSSR count). The van der Waals surface area contributed by atoms with E-state index in [0.717, 1.165) is 29.9 Å². The molecular weight excluding hydrogens is 276 g/mol. The first-order chi connectivity index (χ1) is 10.7. The molecule has 1 aromatic heterocycles.